The molecule has 3 atom stereocenters. The molecule has 7 heteroatoms. The first kappa shape index (κ1) is 21.2. The van der Waals surface area contributed by atoms with E-state index < -0.39 is 0 Å². The van der Waals surface area contributed by atoms with Gasteiger partial charge in [-0.3, -0.25) is 9.59 Å². The second-order valence-electron chi connectivity index (χ2n) is 8.93. The van der Waals surface area contributed by atoms with Gasteiger partial charge in [0, 0.05) is 52.5 Å². The van der Waals surface area contributed by atoms with Gasteiger partial charge >= 0.3 is 0 Å². The Morgan fingerprint density at radius 1 is 1.23 bits per heavy atom. The molecule has 3 heterocycles. The van der Waals surface area contributed by atoms with Gasteiger partial charge in [-0.05, 0) is 49.8 Å². The number of benzene rings is 1. The van der Waals surface area contributed by atoms with Gasteiger partial charge in [0.15, 0.2) is 0 Å². The number of rotatable bonds is 7. The van der Waals surface area contributed by atoms with Crippen molar-refractivity contribution in [3.8, 4) is 0 Å². The van der Waals surface area contributed by atoms with E-state index in [1.54, 1.807) is 16.2 Å². The molecule has 0 spiro atoms. The molecule has 1 aromatic carbocycles. The molecule has 162 valence electrons. The van der Waals surface area contributed by atoms with Crippen molar-refractivity contribution in [2.24, 2.45) is 11.8 Å². The van der Waals surface area contributed by atoms with Gasteiger partial charge < -0.3 is 15.1 Å². The average molecular weight is 429 g/mol. The third-order valence-electron chi connectivity index (χ3n) is 6.46. The molecule has 6 nitrogen and oxygen atoms in total. The zero-order valence-corrected chi connectivity index (χ0v) is 18.8. The fourth-order valence-corrected chi connectivity index (χ4v) is 5.77. The molecule has 0 radical (unpaired) electrons. The molecule has 2 aliphatic heterocycles. The molecule has 2 bridgehead atoms. The first-order valence-electron chi connectivity index (χ1n) is 11.1. The molecule has 2 aliphatic rings. The van der Waals surface area contributed by atoms with Crippen molar-refractivity contribution in [2.75, 3.05) is 33.7 Å². The van der Waals surface area contributed by atoms with Crippen LogP contribution in [0, 0.1) is 11.8 Å². The van der Waals surface area contributed by atoms with Gasteiger partial charge in [0.1, 0.15) is 0 Å². The number of thiazole rings is 1. The summed E-state index contributed by atoms with van der Waals surface area (Å²) in [6.45, 7) is 2.69. The molecule has 1 N–H and O–H groups in total. The summed E-state index contributed by atoms with van der Waals surface area (Å²) in [5.41, 5.74) is 1.03. The topological polar surface area (TPSA) is 65.5 Å². The third kappa shape index (κ3) is 5.01. The van der Waals surface area contributed by atoms with Gasteiger partial charge in [0.05, 0.1) is 15.2 Å². The van der Waals surface area contributed by atoms with E-state index >= 15 is 0 Å². The van der Waals surface area contributed by atoms with Crippen molar-refractivity contribution in [1.82, 2.24) is 20.1 Å². The lowest BCUT2D eigenvalue weighted by atomic mass is 9.79. The molecule has 2 fully saturated rings. The monoisotopic (exact) mass is 428 g/mol. The van der Waals surface area contributed by atoms with Gasteiger partial charge in [-0.25, -0.2) is 4.98 Å². The van der Waals surface area contributed by atoms with E-state index in [2.05, 4.69) is 21.3 Å². The zero-order valence-electron chi connectivity index (χ0n) is 18.0. The number of aromatic nitrogens is 1. The summed E-state index contributed by atoms with van der Waals surface area (Å²) >= 11 is 1.69. The number of carbonyl (C=O) groups is 2. The number of aryl methyl sites for hydroxylation is 1. The van der Waals surface area contributed by atoms with Gasteiger partial charge in [0.2, 0.25) is 11.8 Å². The van der Waals surface area contributed by atoms with Crippen molar-refractivity contribution in [3.05, 3.63) is 29.3 Å². The fourth-order valence-electron chi connectivity index (χ4n) is 4.81. The molecular formula is C23H32N4O2S. The Labute approximate surface area is 182 Å². The minimum absolute atomic E-state index is 0.194. The molecule has 30 heavy (non-hydrogen) atoms. The lowest BCUT2D eigenvalue weighted by Crippen LogP contribution is -2.57. The Kier molecular flexibility index (Phi) is 6.68. The second kappa shape index (κ2) is 9.43. The number of hydrogen-bond donors (Lipinski definition) is 1. The van der Waals surface area contributed by atoms with Crippen LogP contribution >= 0.6 is 11.3 Å². The number of fused-ring (bicyclic) bond motifs is 3. The number of nitrogens with zero attached hydrogens (tertiary/aromatic N) is 3. The van der Waals surface area contributed by atoms with E-state index in [0.717, 1.165) is 49.4 Å². The number of amides is 2. The highest BCUT2D eigenvalue weighted by Gasteiger charge is 2.37. The van der Waals surface area contributed by atoms with E-state index in [4.69, 9.17) is 0 Å². The van der Waals surface area contributed by atoms with Crippen LogP contribution in [0.3, 0.4) is 0 Å². The standard InChI is InChI=1S/C23H32N4O2S/c1-26(2)22(28)9-5-7-18-17-12-16(13-24-18)14-27(15-17)23(29)11-10-21-25-19-6-3-4-8-20(19)30-21/h3-4,6,8,16-18,24H,5,7,9-15H2,1-2H3/t16-,17+,18+/m0/s1. The van der Waals surface area contributed by atoms with Crippen molar-refractivity contribution >= 4 is 33.4 Å². The Hall–Kier alpha value is -1.99. The molecule has 2 saturated heterocycles. The van der Waals surface area contributed by atoms with E-state index in [0.29, 0.717) is 30.7 Å². The zero-order chi connectivity index (χ0) is 21.1. The summed E-state index contributed by atoms with van der Waals surface area (Å²) in [6.07, 6.45) is 4.96. The Bertz CT molecular complexity index is 863. The van der Waals surface area contributed by atoms with Crippen LogP contribution in [0.25, 0.3) is 10.2 Å². The second-order valence-corrected chi connectivity index (χ2v) is 10.0. The number of para-hydroxylation sites is 1. The van der Waals surface area contributed by atoms with Crippen molar-refractivity contribution in [1.29, 1.82) is 0 Å². The number of nitrogens with one attached hydrogen (secondary N) is 1. The van der Waals surface area contributed by atoms with Crippen LogP contribution in [-0.4, -0.2) is 66.4 Å². The van der Waals surface area contributed by atoms with Crippen LogP contribution in [0.2, 0.25) is 0 Å². The van der Waals surface area contributed by atoms with Crippen molar-refractivity contribution in [2.45, 2.75) is 44.6 Å². The third-order valence-corrected chi connectivity index (χ3v) is 7.55. The van der Waals surface area contributed by atoms with Crippen LogP contribution in [0.4, 0.5) is 0 Å². The highest BCUT2D eigenvalue weighted by atomic mass is 32.1. The largest absolute Gasteiger partial charge is 0.349 e. The molecule has 2 amide bonds. The van der Waals surface area contributed by atoms with Gasteiger partial charge in [-0.15, -0.1) is 11.3 Å². The molecular weight excluding hydrogens is 396 g/mol. The highest BCUT2D eigenvalue weighted by molar-refractivity contribution is 7.18. The Morgan fingerprint density at radius 3 is 2.87 bits per heavy atom. The molecule has 0 saturated carbocycles. The minimum atomic E-state index is 0.194. The van der Waals surface area contributed by atoms with Gasteiger partial charge in [-0.2, -0.15) is 0 Å². The smallest absolute Gasteiger partial charge is 0.223 e. The lowest BCUT2D eigenvalue weighted by molar-refractivity contribution is -0.135. The number of piperidine rings is 2. The summed E-state index contributed by atoms with van der Waals surface area (Å²) in [5, 5.41) is 4.73. The van der Waals surface area contributed by atoms with Gasteiger partial charge in [0.25, 0.3) is 0 Å². The summed E-state index contributed by atoms with van der Waals surface area (Å²) < 4.78 is 1.19. The molecule has 4 rings (SSSR count). The van der Waals surface area contributed by atoms with Crippen LogP contribution in [-0.2, 0) is 16.0 Å². The fraction of sp³-hybridized carbons (Fsp3) is 0.609. The number of carbonyl (C=O) groups excluding carboxylic acids is 2. The van der Waals surface area contributed by atoms with E-state index in [-0.39, 0.29) is 11.8 Å². The predicted molar refractivity (Wildman–Crippen MR) is 120 cm³/mol. The summed E-state index contributed by atoms with van der Waals surface area (Å²) in [4.78, 5) is 33.2. The number of hydrogen-bond acceptors (Lipinski definition) is 5. The molecule has 0 aliphatic carbocycles. The average Bonchev–Trinajstić information content (AvgIpc) is 3.16. The normalized spacial score (nSPS) is 23.5. The molecule has 2 aromatic rings. The maximum absolute atomic E-state index is 12.9. The summed E-state index contributed by atoms with van der Waals surface area (Å²) in [5.74, 6) is 1.50. The maximum Gasteiger partial charge on any atom is 0.223 e. The van der Waals surface area contributed by atoms with Crippen LogP contribution in [0.1, 0.15) is 37.1 Å². The van der Waals surface area contributed by atoms with Crippen molar-refractivity contribution < 1.29 is 9.59 Å². The predicted octanol–water partition coefficient (Wildman–Crippen LogP) is 2.92. The van der Waals surface area contributed by atoms with E-state index in [9.17, 15) is 9.59 Å². The Balaban J connectivity index is 1.28. The summed E-state index contributed by atoms with van der Waals surface area (Å²) in [7, 11) is 3.62. The first-order chi connectivity index (χ1) is 14.5. The van der Waals surface area contributed by atoms with Crippen LogP contribution < -0.4 is 5.32 Å². The minimum Gasteiger partial charge on any atom is -0.349 e. The van der Waals surface area contributed by atoms with Crippen molar-refractivity contribution in [3.63, 3.8) is 0 Å². The maximum atomic E-state index is 12.9. The summed E-state index contributed by atoms with van der Waals surface area (Å²) in [6, 6.07) is 8.56. The van der Waals surface area contributed by atoms with E-state index in [1.165, 1.54) is 11.1 Å². The SMILES string of the molecule is CN(C)C(=O)CCC[C@H]1NC[C@@H]2C[C@@H]1CN(C(=O)CCc1nc3ccccc3s1)C2. The lowest BCUT2D eigenvalue weighted by Gasteiger charge is -2.46. The Morgan fingerprint density at radius 2 is 2.07 bits per heavy atom. The van der Waals surface area contributed by atoms with Gasteiger partial charge in [-0.1, -0.05) is 12.1 Å². The molecule has 0 unspecified atom stereocenters. The van der Waals surface area contributed by atoms with E-state index in [1.807, 2.05) is 32.3 Å². The van der Waals surface area contributed by atoms with Crippen LogP contribution in [0.5, 0.6) is 0 Å². The number of likely N-dealkylation sites (tertiary alicyclic amines) is 1. The first-order valence-corrected chi connectivity index (χ1v) is 11.9. The van der Waals surface area contributed by atoms with Crippen LogP contribution in [0.15, 0.2) is 24.3 Å². The quantitative estimate of drug-likeness (QED) is 0.736. The molecule has 1 aromatic heterocycles. The highest BCUT2D eigenvalue weighted by Crippen LogP contribution is 2.31.